The Morgan fingerprint density at radius 3 is 1.52 bits per heavy atom. The second-order valence-electron chi connectivity index (χ2n) is 16.5. The predicted octanol–water partition coefficient (Wildman–Crippen LogP) is 15.0. The summed E-state index contributed by atoms with van der Waals surface area (Å²) in [6.07, 6.45) is 0. The van der Waals surface area contributed by atoms with Gasteiger partial charge in [-0.05, 0) is 110 Å². The number of rotatable bonds is 5. The van der Waals surface area contributed by atoms with E-state index < -0.39 is 0 Å². The Morgan fingerprint density at radius 1 is 0.375 bits per heavy atom. The van der Waals surface area contributed by atoms with Gasteiger partial charge in [-0.1, -0.05) is 155 Å². The second-order valence-corrected chi connectivity index (χ2v) is 16.5. The van der Waals surface area contributed by atoms with E-state index in [0.29, 0.717) is 0 Å². The lowest BCUT2D eigenvalue weighted by Crippen LogP contribution is -2.18. The topological polar surface area (TPSA) is 16.4 Å². The van der Waals surface area contributed by atoms with Crippen molar-refractivity contribution in [3.63, 3.8) is 0 Å². The van der Waals surface area contributed by atoms with Crippen molar-refractivity contribution in [2.45, 2.75) is 38.5 Å². The van der Waals surface area contributed by atoms with E-state index in [9.17, 15) is 0 Å². The third kappa shape index (κ3) is 4.69. The molecule has 2 aliphatic rings. The zero-order valence-corrected chi connectivity index (χ0v) is 32.1. The third-order valence-corrected chi connectivity index (χ3v) is 12.7. The highest BCUT2D eigenvalue weighted by Crippen LogP contribution is 2.54. The van der Waals surface area contributed by atoms with Crippen molar-refractivity contribution in [2.24, 2.45) is 0 Å². The van der Waals surface area contributed by atoms with E-state index in [1.807, 2.05) is 6.07 Å². The Balaban J connectivity index is 1.11. The van der Waals surface area contributed by atoms with Gasteiger partial charge in [-0.3, -0.25) is 0 Å². The molecule has 2 nitrogen and oxygen atoms in total. The fraction of sp³-hybridized carbons (Fsp3) is 0.111. The van der Waals surface area contributed by atoms with E-state index in [1.165, 1.54) is 55.6 Å². The molecule has 0 spiro atoms. The highest BCUT2D eigenvalue weighted by Gasteiger charge is 2.38. The van der Waals surface area contributed by atoms with Crippen LogP contribution < -0.4 is 4.90 Å². The fourth-order valence-electron chi connectivity index (χ4n) is 9.87. The van der Waals surface area contributed by atoms with Gasteiger partial charge in [0.05, 0.1) is 5.69 Å². The molecule has 268 valence electrons. The first-order valence-corrected chi connectivity index (χ1v) is 19.7. The second kappa shape index (κ2) is 11.9. The van der Waals surface area contributed by atoms with E-state index >= 15 is 0 Å². The normalized spacial score (nSPS) is 14.4. The number of benzene rings is 8. The van der Waals surface area contributed by atoms with Crippen molar-refractivity contribution < 1.29 is 4.42 Å². The van der Waals surface area contributed by atoms with Gasteiger partial charge >= 0.3 is 0 Å². The Kier molecular flexibility index (Phi) is 6.98. The molecule has 11 rings (SSSR count). The van der Waals surface area contributed by atoms with Crippen LogP contribution in [-0.4, -0.2) is 0 Å². The molecular weight excluding hydrogens is 679 g/mol. The molecule has 0 radical (unpaired) electrons. The number of furan rings is 1. The van der Waals surface area contributed by atoms with Crippen LogP contribution >= 0.6 is 0 Å². The molecule has 0 atom stereocenters. The van der Waals surface area contributed by atoms with Crippen LogP contribution in [0.5, 0.6) is 0 Å². The summed E-state index contributed by atoms with van der Waals surface area (Å²) < 4.78 is 6.31. The van der Waals surface area contributed by atoms with Crippen molar-refractivity contribution in [2.75, 3.05) is 4.90 Å². The number of para-hydroxylation sites is 2. The van der Waals surface area contributed by atoms with Crippen LogP contribution in [0.25, 0.3) is 66.4 Å². The average Bonchev–Trinajstić information content (AvgIpc) is 3.81. The predicted molar refractivity (Wildman–Crippen MR) is 234 cm³/mol. The molecule has 1 aromatic heterocycles. The minimum atomic E-state index is -0.124. The molecule has 56 heavy (non-hydrogen) atoms. The molecule has 0 saturated carbocycles. The Bertz CT molecular complexity index is 2940. The quantitative estimate of drug-likeness (QED) is 0.176. The van der Waals surface area contributed by atoms with E-state index in [2.05, 4.69) is 202 Å². The van der Waals surface area contributed by atoms with E-state index in [-0.39, 0.29) is 10.8 Å². The molecule has 8 aromatic carbocycles. The lowest BCUT2D eigenvalue weighted by Gasteiger charge is -2.31. The number of nitrogens with zero attached hydrogens (tertiary/aromatic N) is 1. The van der Waals surface area contributed by atoms with Gasteiger partial charge in [0.15, 0.2) is 0 Å². The molecule has 0 saturated heterocycles. The monoisotopic (exact) mass is 719 g/mol. The van der Waals surface area contributed by atoms with E-state index in [4.69, 9.17) is 4.42 Å². The number of hydrogen-bond acceptors (Lipinski definition) is 2. The number of hydrogen-bond donors (Lipinski definition) is 0. The van der Waals surface area contributed by atoms with Crippen molar-refractivity contribution in [3.8, 4) is 44.5 Å². The molecule has 0 N–H and O–H groups in total. The highest BCUT2D eigenvalue weighted by atomic mass is 16.3. The van der Waals surface area contributed by atoms with Gasteiger partial charge in [-0.2, -0.15) is 0 Å². The van der Waals surface area contributed by atoms with Crippen molar-refractivity contribution in [3.05, 3.63) is 198 Å². The summed E-state index contributed by atoms with van der Waals surface area (Å²) in [7, 11) is 0. The molecule has 0 bridgehead atoms. The summed E-state index contributed by atoms with van der Waals surface area (Å²) in [6.45, 7) is 9.46. The number of fused-ring (bicyclic) bond motifs is 9. The minimum Gasteiger partial charge on any atom is -0.456 e. The van der Waals surface area contributed by atoms with E-state index in [0.717, 1.165) is 50.1 Å². The minimum absolute atomic E-state index is 0.124. The summed E-state index contributed by atoms with van der Waals surface area (Å²) >= 11 is 0. The smallest absolute Gasteiger partial charge is 0.136 e. The van der Waals surface area contributed by atoms with Gasteiger partial charge in [0, 0.05) is 38.5 Å². The maximum atomic E-state index is 6.31. The number of anilines is 3. The molecule has 0 aliphatic heterocycles. The fourth-order valence-corrected chi connectivity index (χ4v) is 9.87. The van der Waals surface area contributed by atoms with Crippen LogP contribution in [0.4, 0.5) is 17.1 Å². The lowest BCUT2D eigenvalue weighted by molar-refractivity contribution is 0.660. The maximum absolute atomic E-state index is 6.31. The Morgan fingerprint density at radius 2 is 0.857 bits per heavy atom. The van der Waals surface area contributed by atoms with Crippen LogP contribution in [0.1, 0.15) is 49.9 Å². The lowest BCUT2D eigenvalue weighted by atomic mass is 9.82. The molecular formula is C54H41NO. The van der Waals surface area contributed by atoms with Gasteiger partial charge in [-0.15, -0.1) is 0 Å². The highest BCUT2D eigenvalue weighted by molar-refractivity contribution is 6.12. The van der Waals surface area contributed by atoms with Gasteiger partial charge in [0.25, 0.3) is 0 Å². The molecule has 1 heterocycles. The van der Waals surface area contributed by atoms with Crippen molar-refractivity contribution in [1.82, 2.24) is 0 Å². The van der Waals surface area contributed by atoms with Crippen LogP contribution in [0, 0.1) is 0 Å². The van der Waals surface area contributed by atoms with Gasteiger partial charge in [-0.25, -0.2) is 0 Å². The summed E-state index contributed by atoms with van der Waals surface area (Å²) in [5.41, 5.74) is 20.5. The van der Waals surface area contributed by atoms with Gasteiger partial charge in [0.2, 0.25) is 0 Å². The first-order chi connectivity index (χ1) is 27.3. The van der Waals surface area contributed by atoms with Crippen LogP contribution in [0.15, 0.2) is 180 Å². The maximum Gasteiger partial charge on any atom is 0.136 e. The summed E-state index contributed by atoms with van der Waals surface area (Å²) in [5, 5.41) is 2.29. The molecule has 0 unspecified atom stereocenters. The Hall–Kier alpha value is -6.64. The van der Waals surface area contributed by atoms with Crippen LogP contribution in [-0.2, 0) is 10.8 Å². The van der Waals surface area contributed by atoms with Gasteiger partial charge < -0.3 is 9.32 Å². The van der Waals surface area contributed by atoms with Crippen molar-refractivity contribution in [1.29, 1.82) is 0 Å². The molecule has 2 aliphatic carbocycles. The summed E-state index contributed by atoms with van der Waals surface area (Å²) in [4.78, 5) is 2.49. The summed E-state index contributed by atoms with van der Waals surface area (Å²) in [5.74, 6) is 0. The summed E-state index contributed by atoms with van der Waals surface area (Å²) in [6, 6.07) is 64.7. The largest absolute Gasteiger partial charge is 0.456 e. The Labute approximate surface area is 328 Å². The van der Waals surface area contributed by atoms with E-state index in [1.54, 1.807) is 0 Å². The average molecular weight is 720 g/mol. The standard InChI is InChI=1S/C54H41NO/c1-53(2)45-22-9-5-18-40(45)42-29-27-36(32-47(42)53)55(37-28-30-43-41-19-6-10-23-46(41)54(3,4)48(43)33-37)49-24-11-7-17-38(49)34-15-13-16-35(31-34)39-21-14-26-51-52(39)44-20-8-12-25-50(44)56-51/h5-33H,1-4H3. The molecule has 9 aromatic rings. The zero-order valence-electron chi connectivity index (χ0n) is 32.1. The third-order valence-electron chi connectivity index (χ3n) is 12.7. The van der Waals surface area contributed by atoms with Crippen LogP contribution in [0.3, 0.4) is 0 Å². The zero-order chi connectivity index (χ0) is 37.8. The molecule has 0 amide bonds. The SMILES string of the molecule is CC1(C)c2ccccc2-c2ccc(N(c3ccc4c(c3)C(C)(C)c3ccccc3-4)c3ccccc3-c3cccc(-c4cccc5oc6ccccc6c45)c3)cc21. The molecule has 2 heteroatoms. The van der Waals surface area contributed by atoms with Crippen molar-refractivity contribution >= 4 is 39.0 Å². The first kappa shape index (κ1) is 32.8. The molecule has 0 fully saturated rings. The van der Waals surface area contributed by atoms with Crippen LogP contribution in [0.2, 0.25) is 0 Å². The van der Waals surface area contributed by atoms with Gasteiger partial charge in [0.1, 0.15) is 11.2 Å². The first-order valence-electron chi connectivity index (χ1n) is 19.7.